The Labute approximate surface area is 88.1 Å². The number of benzene rings is 1. The Hall–Kier alpha value is -1.48. The number of nitrogen functional groups attached to an aromatic ring is 1. The second-order valence-electron chi connectivity index (χ2n) is 2.31. The lowest BCUT2D eigenvalue weighted by molar-refractivity contribution is -0.126. The van der Waals surface area contributed by atoms with E-state index in [9.17, 15) is 0 Å². The summed E-state index contributed by atoms with van der Waals surface area (Å²) in [4.78, 5) is 8.95. The number of carbonyl (C=O) groups is 1. The summed E-state index contributed by atoms with van der Waals surface area (Å²) in [5.74, 6) is 0. The molecule has 0 aliphatic heterocycles. The van der Waals surface area contributed by atoms with Crippen LogP contribution in [0.15, 0.2) is 24.8 Å². The van der Waals surface area contributed by atoms with Crippen LogP contribution in [-0.2, 0) is 9.53 Å². The van der Waals surface area contributed by atoms with Gasteiger partial charge in [-0.3, -0.25) is 4.79 Å². The number of hydrogen-bond donors (Lipinski definition) is 1. The number of ether oxygens (including phenoxy) is 1. The maximum Gasteiger partial charge on any atom is 0.292 e. The average molecular weight is 214 g/mol. The summed E-state index contributed by atoms with van der Waals surface area (Å²) in [5, 5.41) is 0.656. The summed E-state index contributed by atoms with van der Waals surface area (Å²) in [7, 11) is 1.31. The lowest BCUT2D eigenvalue weighted by Crippen LogP contribution is -1.87. The fourth-order valence-electron chi connectivity index (χ4n) is 0.732. The van der Waals surface area contributed by atoms with Gasteiger partial charge in [0.1, 0.15) is 0 Å². The van der Waals surface area contributed by atoms with Gasteiger partial charge in [0.2, 0.25) is 0 Å². The number of anilines is 1. The minimum Gasteiger partial charge on any atom is -0.471 e. The van der Waals surface area contributed by atoms with E-state index in [1.54, 1.807) is 18.2 Å². The number of methoxy groups -OCH3 is 1. The zero-order valence-corrected chi connectivity index (χ0v) is 8.62. The highest BCUT2D eigenvalue weighted by molar-refractivity contribution is 6.30. The number of rotatable bonds is 2. The smallest absolute Gasteiger partial charge is 0.292 e. The van der Waals surface area contributed by atoms with E-state index in [0.29, 0.717) is 17.2 Å². The van der Waals surface area contributed by atoms with Gasteiger partial charge in [-0.2, -0.15) is 0 Å². The molecule has 2 N–H and O–H groups in total. The second-order valence-corrected chi connectivity index (χ2v) is 2.75. The molecule has 3 nitrogen and oxygen atoms in total. The van der Waals surface area contributed by atoms with Crippen molar-refractivity contribution in [3.05, 3.63) is 35.4 Å². The van der Waals surface area contributed by atoms with Gasteiger partial charge in [0.15, 0.2) is 0 Å². The number of hydrogen-bond acceptors (Lipinski definition) is 3. The topological polar surface area (TPSA) is 52.3 Å². The maximum atomic E-state index is 8.95. The Bertz CT molecular complexity index is 313. The molecular formula is C10H12ClNO2. The van der Waals surface area contributed by atoms with Crippen molar-refractivity contribution in [1.82, 2.24) is 0 Å². The van der Waals surface area contributed by atoms with Crippen molar-refractivity contribution >= 4 is 29.8 Å². The first kappa shape index (κ1) is 12.5. The van der Waals surface area contributed by atoms with Gasteiger partial charge in [-0.25, -0.2) is 0 Å². The van der Waals surface area contributed by atoms with Crippen LogP contribution in [0.1, 0.15) is 5.56 Å². The van der Waals surface area contributed by atoms with Crippen LogP contribution < -0.4 is 5.73 Å². The molecule has 0 bridgehead atoms. The normalized spacial score (nSPS) is 8.14. The fraction of sp³-hybridized carbons (Fsp3) is 0.100. The van der Waals surface area contributed by atoms with Crippen LogP contribution in [0.4, 0.5) is 5.69 Å². The molecule has 0 saturated carbocycles. The van der Waals surface area contributed by atoms with E-state index in [0.717, 1.165) is 5.56 Å². The summed E-state index contributed by atoms with van der Waals surface area (Å²) in [6.45, 7) is 3.97. The van der Waals surface area contributed by atoms with Crippen LogP contribution in [0.2, 0.25) is 5.02 Å². The van der Waals surface area contributed by atoms with E-state index >= 15 is 0 Å². The van der Waals surface area contributed by atoms with Crippen molar-refractivity contribution in [3.8, 4) is 0 Å². The van der Waals surface area contributed by atoms with Crippen LogP contribution in [0.3, 0.4) is 0 Å². The van der Waals surface area contributed by atoms with Gasteiger partial charge in [-0.05, 0) is 17.7 Å². The molecule has 0 unspecified atom stereocenters. The molecule has 0 radical (unpaired) electrons. The van der Waals surface area contributed by atoms with Crippen molar-refractivity contribution in [2.75, 3.05) is 12.8 Å². The molecule has 0 aliphatic carbocycles. The highest BCUT2D eigenvalue weighted by Crippen LogP contribution is 2.18. The van der Waals surface area contributed by atoms with Crippen LogP contribution >= 0.6 is 11.6 Å². The quantitative estimate of drug-likeness (QED) is 0.606. The largest absolute Gasteiger partial charge is 0.471 e. The SMILES string of the molecule is C=Cc1ccc(Cl)cc1N.COC=O. The molecule has 0 fully saturated rings. The third kappa shape index (κ3) is 4.52. The molecule has 0 saturated heterocycles. The highest BCUT2D eigenvalue weighted by atomic mass is 35.5. The van der Waals surface area contributed by atoms with Crippen molar-refractivity contribution in [1.29, 1.82) is 0 Å². The van der Waals surface area contributed by atoms with Gasteiger partial charge >= 0.3 is 0 Å². The molecule has 0 heterocycles. The molecule has 0 aliphatic rings. The predicted molar refractivity (Wildman–Crippen MR) is 59.0 cm³/mol. The first-order chi connectivity index (χ1) is 6.65. The summed E-state index contributed by atoms with van der Waals surface area (Å²) < 4.78 is 3.86. The van der Waals surface area contributed by atoms with E-state index in [1.165, 1.54) is 7.11 Å². The Morgan fingerprint density at radius 3 is 2.50 bits per heavy atom. The fourth-order valence-corrected chi connectivity index (χ4v) is 0.912. The zero-order valence-electron chi connectivity index (χ0n) is 7.87. The van der Waals surface area contributed by atoms with Gasteiger partial charge < -0.3 is 10.5 Å². The Morgan fingerprint density at radius 2 is 2.14 bits per heavy atom. The highest BCUT2D eigenvalue weighted by Gasteiger charge is 1.93. The minimum absolute atomic E-state index is 0.375. The third-order valence-electron chi connectivity index (χ3n) is 1.36. The van der Waals surface area contributed by atoms with E-state index < -0.39 is 0 Å². The van der Waals surface area contributed by atoms with Crippen LogP contribution in [0, 0.1) is 0 Å². The zero-order chi connectivity index (χ0) is 11.0. The molecule has 1 rings (SSSR count). The van der Waals surface area contributed by atoms with Gasteiger partial charge in [0, 0.05) is 10.7 Å². The standard InChI is InChI=1S/C8H8ClN.C2H4O2/c1-2-6-3-4-7(9)5-8(6)10;1-4-2-3/h2-5H,1,10H2;2H,1H3. The predicted octanol–water partition coefficient (Wildman–Crippen LogP) is 2.35. The van der Waals surface area contributed by atoms with Crippen molar-refractivity contribution in [2.45, 2.75) is 0 Å². The molecule has 0 aromatic heterocycles. The Morgan fingerprint density at radius 1 is 1.57 bits per heavy atom. The summed E-state index contributed by atoms with van der Waals surface area (Å²) in [5.41, 5.74) is 7.17. The van der Waals surface area contributed by atoms with Gasteiger partial charge in [-0.15, -0.1) is 0 Å². The lowest BCUT2D eigenvalue weighted by Gasteiger charge is -1.98. The molecule has 0 spiro atoms. The molecule has 1 aromatic carbocycles. The van der Waals surface area contributed by atoms with Gasteiger partial charge in [0.25, 0.3) is 6.47 Å². The molecule has 76 valence electrons. The van der Waals surface area contributed by atoms with E-state index in [-0.39, 0.29) is 0 Å². The number of halogens is 1. The monoisotopic (exact) mass is 213 g/mol. The lowest BCUT2D eigenvalue weighted by atomic mass is 10.2. The third-order valence-corrected chi connectivity index (χ3v) is 1.60. The van der Waals surface area contributed by atoms with E-state index in [1.807, 2.05) is 6.07 Å². The summed E-state index contributed by atoms with van der Waals surface area (Å²) in [6.07, 6.45) is 1.70. The van der Waals surface area contributed by atoms with Crippen molar-refractivity contribution in [3.63, 3.8) is 0 Å². The molecule has 4 heteroatoms. The first-order valence-corrected chi connectivity index (χ1v) is 4.17. The van der Waals surface area contributed by atoms with Crippen LogP contribution in [-0.4, -0.2) is 13.6 Å². The minimum atomic E-state index is 0.375. The van der Waals surface area contributed by atoms with Crippen LogP contribution in [0.25, 0.3) is 6.08 Å². The van der Waals surface area contributed by atoms with Crippen LogP contribution in [0.5, 0.6) is 0 Å². The molecular weight excluding hydrogens is 202 g/mol. The van der Waals surface area contributed by atoms with E-state index in [4.69, 9.17) is 22.1 Å². The second kappa shape index (κ2) is 6.97. The molecule has 0 atom stereocenters. The van der Waals surface area contributed by atoms with Crippen molar-refractivity contribution in [2.24, 2.45) is 0 Å². The summed E-state index contributed by atoms with van der Waals surface area (Å²) >= 11 is 5.66. The Kier molecular flexibility index (Phi) is 6.24. The van der Waals surface area contributed by atoms with Gasteiger partial charge in [-0.1, -0.05) is 30.3 Å². The first-order valence-electron chi connectivity index (χ1n) is 3.79. The number of nitrogens with two attached hydrogens (primary N) is 1. The van der Waals surface area contributed by atoms with Crippen molar-refractivity contribution < 1.29 is 9.53 Å². The molecule has 1 aromatic rings. The van der Waals surface area contributed by atoms with E-state index in [2.05, 4.69) is 11.3 Å². The van der Waals surface area contributed by atoms with Gasteiger partial charge in [0.05, 0.1) is 7.11 Å². The summed E-state index contributed by atoms with van der Waals surface area (Å²) in [6, 6.07) is 5.33. The molecule has 14 heavy (non-hydrogen) atoms. The maximum absolute atomic E-state index is 8.95. The number of carbonyl (C=O) groups excluding carboxylic acids is 1. The Balaban J connectivity index is 0.000000364. The molecule has 0 amide bonds. The average Bonchev–Trinajstić information content (AvgIpc) is 2.18.